The van der Waals surface area contributed by atoms with E-state index >= 15 is 0 Å². The molecule has 2 rings (SSSR count). The maximum Gasteiger partial charge on any atom is 0.410 e. The van der Waals surface area contributed by atoms with Gasteiger partial charge in [0, 0.05) is 10.1 Å². The largest absolute Gasteiger partial charge is 0.444 e. The van der Waals surface area contributed by atoms with E-state index in [1.165, 1.54) is 9.13 Å². The van der Waals surface area contributed by atoms with E-state index in [2.05, 4.69) is 46.9 Å². The maximum atomic E-state index is 12.3. The lowest BCUT2D eigenvalue weighted by molar-refractivity contribution is -0.0700. The second kappa shape index (κ2) is 6.96. The fraction of sp³-hybridized carbons (Fsp3) is 0.562. The van der Waals surface area contributed by atoms with Crippen LogP contribution >= 0.6 is 22.6 Å². The topological polar surface area (TPSA) is 38.8 Å². The minimum Gasteiger partial charge on any atom is -0.444 e. The Morgan fingerprint density at radius 2 is 1.95 bits per heavy atom. The van der Waals surface area contributed by atoms with Crippen LogP contribution in [0.25, 0.3) is 0 Å². The van der Waals surface area contributed by atoms with Crippen molar-refractivity contribution in [3.05, 3.63) is 33.4 Å². The van der Waals surface area contributed by atoms with Crippen molar-refractivity contribution in [2.45, 2.75) is 38.8 Å². The second-order valence-corrected chi connectivity index (χ2v) is 7.49. The number of rotatable bonds is 4. The van der Waals surface area contributed by atoms with Crippen LogP contribution < -0.4 is 0 Å². The van der Waals surface area contributed by atoms with Gasteiger partial charge in [-0.2, -0.15) is 0 Å². The molecule has 1 aromatic rings. The minimum absolute atomic E-state index is 0.142. The minimum atomic E-state index is -0.469. The highest BCUT2D eigenvalue weighted by Crippen LogP contribution is 2.17. The summed E-state index contributed by atoms with van der Waals surface area (Å²) in [5, 5.41) is 0. The third kappa shape index (κ3) is 5.14. The van der Waals surface area contributed by atoms with E-state index in [1.807, 2.05) is 20.8 Å². The van der Waals surface area contributed by atoms with Crippen LogP contribution in [0.2, 0.25) is 0 Å². The van der Waals surface area contributed by atoms with Gasteiger partial charge in [0.1, 0.15) is 5.60 Å². The summed E-state index contributed by atoms with van der Waals surface area (Å²) < 4.78 is 11.9. The van der Waals surface area contributed by atoms with Gasteiger partial charge in [-0.1, -0.05) is 12.1 Å². The molecule has 0 aromatic heterocycles. The lowest BCUT2D eigenvalue weighted by atomic mass is 10.1. The number of halogens is 1. The number of hydrogen-bond acceptors (Lipinski definition) is 3. The van der Waals surface area contributed by atoms with Crippen LogP contribution in [0.5, 0.6) is 0 Å². The Labute approximate surface area is 139 Å². The molecule has 0 N–H and O–H groups in total. The van der Waals surface area contributed by atoms with E-state index in [0.717, 1.165) is 6.42 Å². The highest BCUT2D eigenvalue weighted by Gasteiger charge is 2.32. The van der Waals surface area contributed by atoms with E-state index in [9.17, 15) is 4.79 Å². The molecule has 1 aromatic carbocycles. The number of benzene rings is 1. The van der Waals surface area contributed by atoms with Gasteiger partial charge in [-0.25, -0.2) is 4.79 Å². The Bertz CT molecular complexity index is 477. The molecule has 1 aliphatic heterocycles. The van der Waals surface area contributed by atoms with Gasteiger partial charge in [0.05, 0.1) is 19.3 Å². The van der Waals surface area contributed by atoms with Crippen LogP contribution in [0.4, 0.5) is 4.79 Å². The molecule has 5 heteroatoms. The third-order valence-electron chi connectivity index (χ3n) is 3.24. The van der Waals surface area contributed by atoms with Crippen LogP contribution in [0.15, 0.2) is 24.3 Å². The molecular formula is C16H22INO3. The quantitative estimate of drug-likeness (QED) is 0.723. The van der Waals surface area contributed by atoms with Gasteiger partial charge >= 0.3 is 6.09 Å². The summed E-state index contributed by atoms with van der Waals surface area (Å²) in [6.07, 6.45) is 0.577. The first-order chi connectivity index (χ1) is 9.85. The van der Waals surface area contributed by atoms with Gasteiger partial charge in [-0.05, 0) is 67.5 Å². The first kappa shape index (κ1) is 16.5. The molecule has 1 heterocycles. The molecule has 116 valence electrons. The van der Waals surface area contributed by atoms with Gasteiger partial charge < -0.3 is 14.4 Å². The average molecular weight is 403 g/mol. The average Bonchev–Trinajstić information content (AvgIpc) is 2.31. The molecule has 0 saturated carbocycles. The fourth-order valence-electron chi connectivity index (χ4n) is 2.05. The Morgan fingerprint density at radius 1 is 1.33 bits per heavy atom. The van der Waals surface area contributed by atoms with Gasteiger partial charge in [0.25, 0.3) is 0 Å². The summed E-state index contributed by atoms with van der Waals surface area (Å²) in [7, 11) is 0. The molecule has 0 unspecified atom stereocenters. The molecule has 1 fully saturated rings. The summed E-state index contributed by atoms with van der Waals surface area (Å²) in [4.78, 5) is 14.1. The van der Waals surface area contributed by atoms with Gasteiger partial charge in [0.15, 0.2) is 0 Å². The van der Waals surface area contributed by atoms with E-state index in [0.29, 0.717) is 19.8 Å². The number of hydrogen-bond donors (Lipinski definition) is 0. The van der Waals surface area contributed by atoms with Crippen LogP contribution in [0.1, 0.15) is 26.3 Å². The summed E-state index contributed by atoms with van der Waals surface area (Å²) in [5.41, 5.74) is 0.757. The standard InChI is InChI=1S/C16H22INO3/c1-16(2,3)21-15(19)18(14-10-20-11-14)9-8-12-4-6-13(17)7-5-12/h4-7,14H,8-11H2,1-3H3. The van der Waals surface area contributed by atoms with Crippen molar-refractivity contribution < 1.29 is 14.3 Å². The van der Waals surface area contributed by atoms with E-state index in [4.69, 9.17) is 9.47 Å². The zero-order chi connectivity index (χ0) is 15.5. The highest BCUT2D eigenvalue weighted by atomic mass is 127. The van der Waals surface area contributed by atoms with E-state index < -0.39 is 5.60 Å². The maximum absolute atomic E-state index is 12.3. The van der Waals surface area contributed by atoms with Crippen LogP contribution in [0, 0.1) is 3.57 Å². The molecule has 0 atom stereocenters. The van der Waals surface area contributed by atoms with Crippen molar-refractivity contribution in [1.29, 1.82) is 0 Å². The van der Waals surface area contributed by atoms with Crippen LogP contribution in [-0.4, -0.2) is 42.4 Å². The van der Waals surface area contributed by atoms with Crippen molar-refractivity contribution in [3.63, 3.8) is 0 Å². The van der Waals surface area contributed by atoms with Crippen LogP contribution in [-0.2, 0) is 15.9 Å². The molecule has 1 aliphatic rings. The lowest BCUT2D eigenvalue weighted by Crippen LogP contribution is -2.53. The predicted molar refractivity (Wildman–Crippen MR) is 90.4 cm³/mol. The Hall–Kier alpha value is -0.820. The van der Waals surface area contributed by atoms with E-state index in [-0.39, 0.29) is 12.1 Å². The summed E-state index contributed by atoms with van der Waals surface area (Å²) in [6, 6.07) is 8.52. The molecule has 0 radical (unpaired) electrons. The van der Waals surface area contributed by atoms with E-state index in [1.54, 1.807) is 4.90 Å². The van der Waals surface area contributed by atoms with Crippen molar-refractivity contribution in [1.82, 2.24) is 4.90 Å². The third-order valence-corrected chi connectivity index (χ3v) is 3.96. The zero-order valence-corrected chi connectivity index (χ0v) is 14.9. The number of carbonyl (C=O) groups is 1. The number of ether oxygens (including phenoxy) is 2. The Morgan fingerprint density at radius 3 is 2.43 bits per heavy atom. The van der Waals surface area contributed by atoms with Gasteiger partial charge in [-0.3, -0.25) is 0 Å². The number of carbonyl (C=O) groups excluding carboxylic acids is 1. The summed E-state index contributed by atoms with van der Waals surface area (Å²) >= 11 is 2.29. The van der Waals surface area contributed by atoms with Gasteiger partial charge in [0.2, 0.25) is 0 Å². The van der Waals surface area contributed by atoms with Crippen molar-refractivity contribution in [2.24, 2.45) is 0 Å². The summed E-state index contributed by atoms with van der Waals surface area (Å²) in [6.45, 7) is 7.53. The Balaban J connectivity index is 1.96. The molecule has 1 saturated heterocycles. The van der Waals surface area contributed by atoms with Crippen LogP contribution in [0.3, 0.4) is 0 Å². The number of nitrogens with zero attached hydrogens (tertiary/aromatic N) is 1. The molecule has 21 heavy (non-hydrogen) atoms. The molecular weight excluding hydrogens is 381 g/mol. The normalized spacial score (nSPS) is 15.4. The molecule has 0 aliphatic carbocycles. The van der Waals surface area contributed by atoms with Gasteiger partial charge in [-0.15, -0.1) is 0 Å². The fourth-order valence-corrected chi connectivity index (χ4v) is 2.41. The summed E-state index contributed by atoms with van der Waals surface area (Å²) in [5.74, 6) is 0. The van der Waals surface area contributed by atoms with Crippen molar-refractivity contribution >= 4 is 28.7 Å². The molecule has 4 nitrogen and oxygen atoms in total. The Kier molecular flexibility index (Phi) is 5.48. The first-order valence-electron chi connectivity index (χ1n) is 7.17. The number of amides is 1. The van der Waals surface area contributed by atoms with Crippen molar-refractivity contribution in [3.8, 4) is 0 Å². The van der Waals surface area contributed by atoms with Crippen molar-refractivity contribution in [2.75, 3.05) is 19.8 Å². The lowest BCUT2D eigenvalue weighted by Gasteiger charge is -2.38. The highest BCUT2D eigenvalue weighted by molar-refractivity contribution is 14.1. The molecule has 0 bridgehead atoms. The SMILES string of the molecule is CC(C)(C)OC(=O)N(CCc1ccc(I)cc1)C1COC1. The smallest absolute Gasteiger partial charge is 0.410 e. The molecule has 1 amide bonds. The zero-order valence-electron chi connectivity index (χ0n) is 12.8. The predicted octanol–water partition coefficient (Wildman–Crippen LogP) is 3.47. The monoisotopic (exact) mass is 403 g/mol. The second-order valence-electron chi connectivity index (χ2n) is 6.24. The molecule has 0 spiro atoms. The first-order valence-corrected chi connectivity index (χ1v) is 8.25.